The highest BCUT2D eigenvalue weighted by atomic mass is 32.2. The number of carbonyl (C=O) groups excluding carboxylic acids is 1. The fourth-order valence-electron chi connectivity index (χ4n) is 1.83. The summed E-state index contributed by atoms with van der Waals surface area (Å²) in [4.78, 5) is 16.2. The first-order valence-corrected chi connectivity index (χ1v) is 8.05. The van der Waals surface area contributed by atoms with Crippen LogP contribution >= 0.6 is 0 Å². The van der Waals surface area contributed by atoms with Crippen molar-refractivity contribution in [1.82, 2.24) is 5.48 Å². The van der Waals surface area contributed by atoms with E-state index in [-0.39, 0.29) is 10.5 Å². The summed E-state index contributed by atoms with van der Waals surface area (Å²) in [7, 11) is -0.997. The van der Waals surface area contributed by atoms with Crippen LogP contribution in [0, 0.1) is 0 Å². The molecule has 0 saturated heterocycles. The van der Waals surface area contributed by atoms with Crippen LogP contribution in [0.1, 0.15) is 10.4 Å². The van der Waals surface area contributed by atoms with Gasteiger partial charge in [-0.1, -0.05) is 6.07 Å². The van der Waals surface area contributed by atoms with Crippen molar-refractivity contribution in [3.05, 3.63) is 54.1 Å². The van der Waals surface area contributed by atoms with E-state index in [2.05, 4.69) is 15.0 Å². The van der Waals surface area contributed by atoms with Crippen LogP contribution < -0.4 is 14.9 Å². The van der Waals surface area contributed by atoms with Crippen molar-refractivity contribution in [3.63, 3.8) is 0 Å². The van der Waals surface area contributed by atoms with Gasteiger partial charge in [0.05, 0.1) is 19.1 Å². The van der Waals surface area contributed by atoms with Crippen molar-refractivity contribution in [3.8, 4) is 5.75 Å². The maximum Gasteiger partial charge on any atom is 0.274 e. The molecule has 2 rings (SSSR count). The Morgan fingerprint density at radius 3 is 2.35 bits per heavy atom. The smallest absolute Gasteiger partial charge is 0.274 e. The summed E-state index contributed by atoms with van der Waals surface area (Å²) in [5, 5.41) is 0. The van der Waals surface area contributed by atoms with E-state index < -0.39 is 15.9 Å². The van der Waals surface area contributed by atoms with Gasteiger partial charge in [0.25, 0.3) is 15.9 Å². The van der Waals surface area contributed by atoms with Crippen LogP contribution in [0.25, 0.3) is 0 Å². The molecular weight excluding hydrogens is 320 g/mol. The number of anilines is 1. The SMILES string of the molecule is CONC(=O)c1cccc(S(=O)(=O)Nc2ccc(OC)cc2)c1. The summed E-state index contributed by atoms with van der Waals surface area (Å²) in [6.45, 7) is 0. The number of nitrogens with one attached hydrogen (secondary N) is 2. The molecule has 0 aromatic heterocycles. The van der Waals surface area contributed by atoms with Gasteiger partial charge in [-0.05, 0) is 42.5 Å². The zero-order valence-corrected chi connectivity index (χ0v) is 13.4. The molecule has 122 valence electrons. The molecule has 0 atom stereocenters. The molecule has 0 bridgehead atoms. The quantitative estimate of drug-likeness (QED) is 0.784. The summed E-state index contributed by atoms with van der Waals surface area (Å²) in [6.07, 6.45) is 0. The summed E-state index contributed by atoms with van der Waals surface area (Å²) in [5.74, 6) is 0.0835. The lowest BCUT2D eigenvalue weighted by atomic mass is 10.2. The topological polar surface area (TPSA) is 93.7 Å². The molecule has 0 spiro atoms. The van der Waals surface area contributed by atoms with E-state index in [0.29, 0.717) is 11.4 Å². The van der Waals surface area contributed by atoms with Crippen molar-refractivity contribution < 1.29 is 22.8 Å². The van der Waals surface area contributed by atoms with Gasteiger partial charge >= 0.3 is 0 Å². The van der Waals surface area contributed by atoms with E-state index in [9.17, 15) is 13.2 Å². The summed E-state index contributed by atoms with van der Waals surface area (Å²) >= 11 is 0. The number of rotatable bonds is 6. The molecular formula is C15H16N2O5S. The fraction of sp³-hybridized carbons (Fsp3) is 0.133. The highest BCUT2D eigenvalue weighted by Gasteiger charge is 2.16. The van der Waals surface area contributed by atoms with E-state index in [1.54, 1.807) is 24.3 Å². The summed E-state index contributed by atoms with van der Waals surface area (Å²) in [5.41, 5.74) is 2.69. The van der Waals surface area contributed by atoms with Gasteiger partial charge in [-0.2, -0.15) is 0 Å². The van der Waals surface area contributed by atoms with Gasteiger partial charge in [-0.15, -0.1) is 0 Å². The first kappa shape index (κ1) is 16.8. The second-order valence-corrected chi connectivity index (χ2v) is 6.18. The highest BCUT2D eigenvalue weighted by molar-refractivity contribution is 7.92. The van der Waals surface area contributed by atoms with Crippen LogP contribution in [0.3, 0.4) is 0 Å². The van der Waals surface area contributed by atoms with Crippen LogP contribution in [0.2, 0.25) is 0 Å². The molecule has 2 N–H and O–H groups in total. The van der Waals surface area contributed by atoms with Crippen LogP contribution in [0.4, 0.5) is 5.69 Å². The number of sulfonamides is 1. The molecule has 1 amide bonds. The van der Waals surface area contributed by atoms with Crippen molar-refractivity contribution in [2.75, 3.05) is 18.9 Å². The molecule has 0 aliphatic heterocycles. The third-order valence-electron chi connectivity index (χ3n) is 2.94. The molecule has 0 aliphatic rings. The lowest BCUT2D eigenvalue weighted by Gasteiger charge is -2.10. The minimum Gasteiger partial charge on any atom is -0.497 e. The number of methoxy groups -OCH3 is 1. The highest BCUT2D eigenvalue weighted by Crippen LogP contribution is 2.20. The van der Waals surface area contributed by atoms with E-state index in [1.807, 2.05) is 0 Å². The third-order valence-corrected chi connectivity index (χ3v) is 4.32. The Kier molecular flexibility index (Phi) is 5.20. The number of amides is 1. The van der Waals surface area contributed by atoms with Crippen molar-refractivity contribution >= 4 is 21.6 Å². The van der Waals surface area contributed by atoms with E-state index in [4.69, 9.17) is 4.74 Å². The molecule has 23 heavy (non-hydrogen) atoms. The van der Waals surface area contributed by atoms with Gasteiger partial charge < -0.3 is 4.74 Å². The standard InChI is InChI=1S/C15H16N2O5S/c1-21-13-8-6-12(7-9-13)17-23(19,20)14-5-3-4-11(10-14)15(18)16-22-2/h3-10,17H,1-2H3,(H,16,18). The van der Waals surface area contributed by atoms with Crippen LogP contribution in [-0.2, 0) is 14.9 Å². The number of carbonyl (C=O) groups is 1. The molecule has 0 aliphatic carbocycles. The number of hydrogen-bond donors (Lipinski definition) is 2. The van der Waals surface area contributed by atoms with Crippen LogP contribution in [0.15, 0.2) is 53.4 Å². The number of hydrogen-bond acceptors (Lipinski definition) is 5. The lowest BCUT2D eigenvalue weighted by molar-refractivity contribution is 0.0537. The summed E-state index contributed by atoms with van der Waals surface area (Å²) in [6, 6.07) is 12.1. The molecule has 0 fully saturated rings. The van der Waals surface area contributed by atoms with E-state index >= 15 is 0 Å². The van der Waals surface area contributed by atoms with Crippen molar-refractivity contribution in [2.45, 2.75) is 4.90 Å². The van der Waals surface area contributed by atoms with Gasteiger partial charge in [0.2, 0.25) is 0 Å². The maximum absolute atomic E-state index is 12.4. The average molecular weight is 336 g/mol. The predicted octanol–water partition coefficient (Wildman–Crippen LogP) is 1.79. The maximum atomic E-state index is 12.4. The minimum atomic E-state index is -3.82. The monoisotopic (exact) mass is 336 g/mol. The van der Waals surface area contributed by atoms with Gasteiger partial charge in [0.15, 0.2) is 0 Å². The Balaban J connectivity index is 2.24. The Morgan fingerprint density at radius 2 is 1.74 bits per heavy atom. The fourth-order valence-corrected chi connectivity index (χ4v) is 2.93. The third kappa shape index (κ3) is 4.21. The molecule has 8 heteroatoms. The largest absolute Gasteiger partial charge is 0.497 e. The Labute approximate surface area is 134 Å². The number of hydroxylamine groups is 1. The van der Waals surface area contributed by atoms with Gasteiger partial charge in [-0.25, -0.2) is 13.9 Å². The van der Waals surface area contributed by atoms with Crippen molar-refractivity contribution in [1.29, 1.82) is 0 Å². The molecule has 0 saturated carbocycles. The zero-order valence-electron chi connectivity index (χ0n) is 12.6. The first-order chi connectivity index (χ1) is 11.0. The molecule has 0 unspecified atom stereocenters. The lowest BCUT2D eigenvalue weighted by Crippen LogP contribution is -2.22. The Bertz CT molecular complexity index is 788. The van der Waals surface area contributed by atoms with Crippen LogP contribution in [0.5, 0.6) is 5.75 Å². The van der Waals surface area contributed by atoms with Crippen LogP contribution in [-0.4, -0.2) is 28.5 Å². The number of benzene rings is 2. The second kappa shape index (κ2) is 7.12. The predicted molar refractivity (Wildman–Crippen MR) is 84.7 cm³/mol. The normalized spacial score (nSPS) is 10.9. The molecule has 0 radical (unpaired) electrons. The average Bonchev–Trinajstić information content (AvgIpc) is 2.55. The van der Waals surface area contributed by atoms with Gasteiger partial charge in [0, 0.05) is 11.3 Å². The van der Waals surface area contributed by atoms with Crippen molar-refractivity contribution in [2.24, 2.45) is 0 Å². The minimum absolute atomic E-state index is 0.0305. The Hall–Kier alpha value is -2.58. The van der Waals surface area contributed by atoms with E-state index in [1.165, 1.54) is 38.5 Å². The molecule has 0 heterocycles. The zero-order chi connectivity index (χ0) is 16.9. The molecule has 2 aromatic rings. The molecule has 7 nitrogen and oxygen atoms in total. The summed E-state index contributed by atoms with van der Waals surface area (Å²) < 4.78 is 32.2. The first-order valence-electron chi connectivity index (χ1n) is 6.56. The number of ether oxygens (including phenoxy) is 1. The Morgan fingerprint density at radius 1 is 1.04 bits per heavy atom. The van der Waals surface area contributed by atoms with E-state index in [0.717, 1.165) is 0 Å². The molecule has 2 aromatic carbocycles. The van der Waals surface area contributed by atoms with Gasteiger partial charge in [-0.3, -0.25) is 14.4 Å². The second-order valence-electron chi connectivity index (χ2n) is 4.50. The van der Waals surface area contributed by atoms with Gasteiger partial charge in [0.1, 0.15) is 5.75 Å².